The Morgan fingerprint density at radius 2 is 1.94 bits per heavy atom. The Hall–Kier alpha value is -0.710. The van der Waals surface area contributed by atoms with Crippen LogP contribution in [0.3, 0.4) is 0 Å². The molecular formula is C11H19NO3S. The minimum atomic E-state index is -0.979. The number of carboxylic acids is 1. The number of carboxylic acid groups (broad SMARTS) is 1. The zero-order valence-electron chi connectivity index (χ0n) is 9.78. The summed E-state index contributed by atoms with van der Waals surface area (Å²) < 4.78 is 0. The van der Waals surface area contributed by atoms with Gasteiger partial charge in [0.25, 0.3) is 0 Å². The number of amides is 1. The molecule has 0 atom stereocenters. The third-order valence-corrected chi connectivity index (χ3v) is 3.82. The van der Waals surface area contributed by atoms with E-state index in [9.17, 15) is 9.59 Å². The number of hydrogen-bond acceptors (Lipinski definition) is 3. The normalized spacial score (nSPS) is 18.1. The summed E-state index contributed by atoms with van der Waals surface area (Å²) in [4.78, 5) is 22.5. The van der Waals surface area contributed by atoms with Gasteiger partial charge in [0.15, 0.2) is 0 Å². The van der Waals surface area contributed by atoms with Crippen molar-refractivity contribution in [1.29, 1.82) is 0 Å². The molecule has 92 valence electrons. The molecule has 0 aromatic carbocycles. The van der Waals surface area contributed by atoms with Crippen molar-refractivity contribution >= 4 is 23.6 Å². The van der Waals surface area contributed by atoms with Crippen LogP contribution < -0.4 is 5.32 Å². The summed E-state index contributed by atoms with van der Waals surface area (Å²) in [7, 11) is 0. The van der Waals surface area contributed by atoms with Gasteiger partial charge in [0.2, 0.25) is 5.91 Å². The molecule has 1 aliphatic rings. The number of thioether (sulfide) groups is 1. The lowest BCUT2D eigenvalue weighted by molar-refractivity contribution is -0.149. The molecule has 0 aromatic rings. The second-order valence-corrected chi connectivity index (χ2v) is 6.04. The molecule has 1 heterocycles. The lowest BCUT2D eigenvalue weighted by Gasteiger charge is -2.25. The van der Waals surface area contributed by atoms with Crippen molar-refractivity contribution in [2.45, 2.75) is 39.2 Å². The van der Waals surface area contributed by atoms with Crippen molar-refractivity contribution in [1.82, 2.24) is 5.32 Å². The van der Waals surface area contributed by atoms with Crippen molar-refractivity contribution in [3.05, 3.63) is 0 Å². The lowest BCUT2D eigenvalue weighted by atomic mass is 9.89. The van der Waals surface area contributed by atoms with Crippen LogP contribution in [0.5, 0.6) is 0 Å². The fourth-order valence-electron chi connectivity index (χ4n) is 1.60. The molecule has 16 heavy (non-hydrogen) atoms. The summed E-state index contributed by atoms with van der Waals surface area (Å²) in [6, 6.07) is 0.235. The predicted molar refractivity (Wildman–Crippen MR) is 64.5 cm³/mol. The number of carbonyl (C=O) groups excluding carboxylic acids is 1. The fourth-order valence-corrected chi connectivity index (χ4v) is 2.70. The van der Waals surface area contributed by atoms with Crippen molar-refractivity contribution in [2.75, 3.05) is 11.5 Å². The molecule has 0 bridgehead atoms. The number of aliphatic carboxylic acids is 1. The summed E-state index contributed by atoms with van der Waals surface area (Å²) in [5.41, 5.74) is -0.979. The van der Waals surface area contributed by atoms with Crippen molar-refractivity contribution < 1.29 is 14.7 Å². The van der Waals surface area contributed by atoms with E-state index in [1.807, 2.05) is 11.8 Å². The first-order valence-corrected chi connectivity index (χ1v) is 6.68. The van der Waals surface area contributed by atoms with Crippen molar-refractivity contribution in [3.63, 3.8) is 0 Å². The highest BCUT2D eigenvalue weighted by molar-refractivity contribution is 7.99. The number of nitrogens with one attached hydrogen (secondary N) is 1. The summed E-state index contributed by atoms with van der Waals surface area (Å²) >= 11 is 1.90. The highest BCUT2D eigenvalue weighted by atomic mass is 32.2. The Morgan fingerprint density at radius 1 is 1.38 bits per heavy atom. The lowest BCUT2D eigenvalue weighted by Crippen LogP contribution is -2.40. The monoisotopic (exact) mass is 245 g/mol. The maximum absolute atomic E-state index is 11.7. The van der Waals surface area contributed by atoms with Gasteiger partial charge in [-0.05, 0) is 38.2 Å². The molecule has 0 radical (unpaired) electrons. The summed E-state index contributed by atoms with van der Waals surface area (Å²) in [6.45, 7) is 3.15. The third kappa shape index (κ3) is 4.04. The van der Waals surface area contributed by atoms with Crippen LogP contribution in [0.2, 0.25) is 0 Å². The van der Waals surface area contributed by atoms with Gasteiger partial charge in [-0.15, -0.1) is 0 Å². The van der Waals surface area contributed by atoms with Crippen LogP contribution in [0.15, 0.2) is 0 Å². The molecule has 0 spiro atoms. The standard InChI is InChI=1S/C11H19NO3S/c1-11(2,10(14)15)7-9(13)12-8-3-5-16-6-4-8/h8H,3-7H2,1-2H3,(H,12,13)(H,14,15). The minimum Gasteiger partial charge on any atom is -0.481 e. The van der Waals surface area contributed by atoms with E-state index in [1.54, 1.807) is 13.8 Å². The van der Waals surface area contributed by atoms with Crippen LogP contribution in [0, 0.1) is 5.41 Å². The quantitative estimate of drug-likeness (QED) is 0.787. The highest BCUT2D eigenvalue weighted by Crippen LogP contribution is 2.21. The van der Waals surface area contributed by atoms with Gasteiger partial charge >= 0.3 is 5.97 Å². The van der Waals surface area contributed by atoms with Gasteiger partial charge in [0.1, 0.15) is 0 Å². The topological polar surface area (TPSA) is 66.4 Å². The Labute approximate surface area is 100 Å². The van der Waals surface area contributed by atoms with E-state index < -0.39 is 11.4 Å². The number of hydrogen-bond donors (Lipinski definition) is 2. The van der Waals surface area contributed by atoms with Crippen LogP contribution in [-0.4, -0.2) is 34.5 Å². The van der Waals surface area contributed by atoms with E-state index in [0.717, 1.165) is 24.3 Å². The molecule has 1 rings (SSSR count). The van der Waals surface area contributed by atoms with Crippen LogP contribution >= 0.6 is 11.8 Å². The largest absolute Gasteiger partial charge is 0.481 e. The first kappa shape index (κ1) is 13.4. The molecule has 1 saturated heterocycles. The Balaban J connectivity index is 2.37. The van der Waals surface area contributed by atoms with E-state index >= 15 is 0 Å². The summed E-state index contributed by atoms with van der Waals surface area (Å²) in [5, 5.41) is 11.8. The molecule has 5 heteroatoms. The second-order valence-electron chi connectivity index (χ2n) is 4.82. The van der Waals surface area contributed by atoms with Gasteiger partial charge in [-0.3, -0.25) is 9.59 Å². The second kappa shape index (κ2) is 5.57. The maximum Gasteiger partial charge on any atom is 0.309 e. The molecule has 1 fully saturated rings. The van der Waals surface area contributed by atoms with Crippen molar-refractivity contribution in [2.24, 2.45) is 5.41 Å². The molecule has 2 N–H and O–H groups in total. The van der Waals surface area contributed by atoms with E-state index in [2.05, 4.69) is 5.32 Å². The molecule has 0 aromatic heterocycles. The van der Waals surface area contributed by atoms with E-state index in [0.29, 0.717) is 0 Å². The van der Waals surface area contributed by atoms with Gasteiger partial charge in [-0.1, -0.05) is 0 Å². The van der Waals surface area contributed by atoms with E-state index in [-0.39, 0.29) is 18.4 Å². The molecule has 0 saturated carbocycles. The molecule has 0 aliphatic carbocycles. The van der Waals surface area contributed by atoms with Crippen LogP contribution in [0.1, 0.15) is 33.1 Å². The zero-order valence-corrected chi connectivity index (χ0v) is 10.6. The van der Waals surface area contributed by atoms with Gasteiger partial charge in [0.05, 0.1) is 5.41 Å². The Morgan fingerprint density at radius 3 is 2.44 bits per heavy atom. The predicted octanol–water partition coefficient (Wildman–Crippen LogP) is 1.50. The molecule has 0 unspecified atom stereocenters. The Kier molecular flexibility index (Phi) is 4.65. The highest BCUT2D eigenvalue weighted by Gasteiger charge is 2.30. The molecule has 4 nitrogen and oxygen atoms in total. The zero-order chi connectivity index (χ0) is 12.2. The average Bonchev–Trinajstić information content (AvgIpc) is 2.17. The van der Waals surface area contributed by atoms with Gasteiger partial charge in [0, 0.05) is 12.5 Å². The van der Waals surface area contributed by atoms with E-state index in [4.69, 9.17) is 5.11 Å². The molecule has 1 aliphatic heterocycles. The SMILES string of the molecule is CC(C)(CC(=O)NC1CCSCC1)C(=O)O. The number of rotatable bonds is 4. The minimum absolute atomic E-state index is 0.0476. The molecular weight excluding hydrogens is 226 g/mol. The summed E-state index contributed by atoms with van der Waals surface area (Å²) in [5.74, 6) is 1.08. The van der Waals surface area contributed by atoms with Crippen molar-refractivity contribution in [3.8, 4) is 0 Å². The van der Waals surface area contributed by atoms with Crippen LogP contribution in [-0.2, 0) is 9.59 Å². The van der Waals surface area contributed by atoms with Gasteiger partial charge < -0.3 is 10.4 Å². The van der Waals surface area contributed by atoms with Gasteiger partial charge in [-0.2, -0.15) is 11.8 Å². The van der Waals surface area contributed by atoms with Gasteiger partial charge in [-0.25, -0.2) is 0 Å². The fraction of sp³-hybridized carbons (Fsp3) is 0.818. The maximum atomic E-state index is 11.7. The van der Waals surface area contributed by atoms with Crippen LogP contribution in [0.25, 0.3) is 0 Å². The first-order chi connectivity index (χ1) is 7.42. The smallest absolute Gasteiger partial charge is 0.309 e. The number of carbonyl (C=O) groups is 2. The third-order valence-electron chi connectivity index (χ3n) is 2.77. The average molecular weight is 245 g/mol. The van der Waals surface area contributed by atoms with E-state index in [1.165, 1.54) is 0 Å². The molecule has 1 amide bonds. The first-order valence-electron chi connectivity index (χ1n) is 5.52. The summed E-state index contributed by atoms with van der Waals surface area (Å²) in [6.07, 6.45) is 2.03. The van der Waals surface area contributed by atoms with Crippen LogP contribution in [0.4, 0.5) is 0 Å². The Bertz CT molecular complexity index is 272.